The molecule has 148 valence electrons. The minimum absolute atomic E-state index is 0.0299. The smallest absolute Gasteiger partial charge is 0.269 e. The molecule has 3 N–H and O–H groups in total. The van der Waals surface area contributed by atoms with Crippen LogP contribution in [0.3, 0.4) is 0 Å². The van der Waals surface area contributed by atoms with Gasteiger partial charge in [-0.1, -0.05) is 30.3 Å². The highest BCUT2D eigenvalue weighted by Gasteiger charge is 2.19. The molecule has 0 aliphatic rings. The molecule has 0 radical (unpaired) electrons. The van der Waals surface area contributed by atoms with Crippen molar-refractivity contribution in [1.82, 2.24) is 15.3 Å². The summed E-state index contributed by atoms with van der Waals surface area (Å²) in [5.41, 5.74) is 3.69. The zero-order valence-electron chi connectivity index (χ0n) is 16.2. The number of ether oxygens (including phenoxy) is 1. The van der Waals surface area contributed by atoms with Crippen LogP contribution in [0.2, 0.25) is 0 Å². The number of fused-ring (bicyclic) bond motifs is 3. The van der Waals surface area contributed by atoms with Gasteiger partial charge in [-0.3, -0.25) is 4.79 Å². The van der Waals surface area contributed by atoms with E-state index in [-0.39, 0.29) is 12.5 Å². The molecule has 0 bridgehead atoms. The van der Waals surface area contributed by atoms with Crippen molar-refractivity contribution >= 4 is 27.7 Å². The average Bonchev–Trinajstić information content (AvgIpc) is 3.13. The molecule has 0 unspecified atom stereocenters. The highest BCUT2D eigenvalue weighted by Crippen LogP contribution is 2.36. The molecular formula is C23H23N3O3. The van der Waals surface area contributed by atoms with E-state index in [1.54, 1.807) is 0 Å². The fraction of sp³-hybridized carbons (Fsp3) is 0.217. The van der Waals surface area contributed by atoms with E-state index in [4.69, 9.17) is 14.8 Å². The molecule has 6 nitrogen and oxygen atoms in total. The van der Waals surface area contributed by atoms with Crippen molar-refractivity contribution in [2.24, 2.45) is 0 Å². The second-order valence-electron chi connectivity index (χ2n) is 6.71. The Bertz CT molecular complexity index is 1170. The first kappa shape index (κ1) is 19.0. The van der Waals surface area contributed by atoms with Gasteiger partial charge in [0.05, 0.1) is 17.8 Å². The Labute approximate surface area is 168 Å². The summed E-state index contributed by atoms with van der Waals surface area (Å²) in [5.74, 6) is 0.459. The van der Waals surface area contributed by atoms with Crippen LogP contribution in [0.15, 0.2) is 54.6 Å². The number of rotatable bonds is 7. The standard InChI is InChI=1S/C23H23N3O3/c1-2-29-20-11-6-4-9-16(20)21-22-17(15-8-3-5-10-18(15)25-22)14-19(26-21)23(28)24-12-7-13-27/h3-6,8-11,14,25,27H,2,7,12-13H2,1H3,(H,24,28). The van der Waals surface area contributed by atoms with Gasteiger partial charge < -0.3 is 20.1 Å². The number of amides is 1. The average molecular weight is 389 g/mol. The number of aliphatic hydroxyl groups is 1. The Balaban J connectivity index is 1.93. The fourth-order valence-electron chi connectivity index (χ4n) is 3.47. The molecule has 2 aromatic heterocycles. The molecule has 29 heavy (non-hydrogen) atoms. The van der Waals surface area contributed by atoms with E-state index < -0.39 is 0 Å². The van der Waals surface area contributed by atoms with Crippen LogP contribution in [0.4, 0.5) is 0 Å². The van der Waals surface area contributed by atoms with Crippen LogP contribution >= 0.6 is 0 Å². The highest BCUT2D eigenvalue weighted by molar-refractivity contribution is 6.13. The molecule has 2 heterocycles. The highest BCUT2D eigenvalue weighted by atomic mass is 16.5. The van der Waals surface area contributed by atoms with Crippen LogP contribution < -0.4 is 10.1 Å². The largest absolute Gasteiger partial charge is 0.493 e. The minimum atomic E-state index is -0.263. The summed E-state index contributed by atoms with van der Waals surface area (Å²) in [6, 6.07) is 17.5. The monoisotopic (exact) mass is 389 g/mol. The first-order chi connectivity index (χ1) is 14.2. The third-order valence-electron chi connectivity index (χ3n) is 4.79. The Kier molecular flexibility index (Phi) is 5.44. The quantitative estimate of drug-likeness (QED) is 0.419. The molecule has 4 rings (SSSR count). The lowest BCUT2D eigenvalue weighted by Gasteiger charge is -2.12. The van der Waals surface area contributed by atoms with Crippen molar-refractivity contribution < 1.29 is 14.6 Å². The van der Waals surface area contributed by atoms with Crippen LogP contribution in [0.5, 0.6) is 5.75 Å². The number of nitrogens with one attached hydrogen (secondary N) is 2. The molecule has 0 atom stereocenters. The molecular weight excluding hydrogens is 366 g/mol. The predicted molar refractivity (Wildman–Crippen MR) is 114 cm³/mol. The van der Waals surface area contributed by atoms with Crippen molar-refractivity contribution in [1.29, 1.82) is 0 Å². The lowest BCUT2D eigenvalue weighted by atomic mass is 10.1. The van der Waals surface area contributed by atoms with Crippen molar-refractivity contribution in [3.8, 4) is 17.0 Å². The number of hydrogen-bond donors (Lipinski definition) is 3. The van der Waals surface area contributed by atoms with Crippen LogP contribution in [-0.4, -0.2) is 40.7 Å². The molecule has 1 amide bonds. The number of pyridine rings is 1. The van der Waals surface area contributed by atoms with E-state index in [1.807, 2.05) is 61.5 Å². The van der Waals surface area contributed by atoms with Crippen LogP contribution in [0, 0.1) is 0 Å². The van der Waals surface area contributed by atoms with Gasteiger partial charge in [-0.05, 0) is 37.6 Å². The van der Waals surface area contributed by atoms with Gasteiger partial charge in [0.1, 0.15) is 11.4 Å². The number of carbonyl (C=O) groups is 1. The third-order valence-corrected chi connectivity index (χ3v) is 4.79. The molecule has 0 saturated heterocycles. The normalized spacial score (nSPS) is 11.1. The van der Waals surface area contributed by atoms with Gasteiger partial charge in [0.2, 0.25) is 0 Å². The number of para-hydroxylation sites is 2. The molecule has 6 heteroatoms. The summed E-state index contributed by atoms with van der Waals surface area (Å²) >= 11 is 0. The van der Waals surface area contributed by atoms with Gasteiger partial charge >= 0.3 is 0 Å². The number of aliphatic hydroxyl groups excluding tert-OH is 1. The van der Waals surface area contributed by atoms with E-state index in [0.717, 1.165) is 33.1 Å². The molecule has 0 fully saturated rings. The van der Waals surface area contributed by atoms with E-state index in [0.29, 0.717) is 31.0 Å². The number of benzene rings is 2. The lowest BCUT2D eigenvalue weighted by Crippen LogP contribution is -2.26. The van der Waals surface area contributed by atoms with Gasteiger partial charge in [-0.2, -0.15) is 0 Å². The second kappa shape index (κ2) is 8.32. The Morgan fingerprint density at radius 3 is 2.76 bits per heavy atom. The van der Waals surface area contributed by atoms with Crippen molar-refractivity contribution in [3.63, 3.8) is 0 Å². The minimum Gasteiger partial charge on any atom is -0.493 e. The van der Waals surface area contributed by atoms with Crippen molar-refractivity contribution in [2.75, 3.05) is 19.8 Å². The van der Waals surface area contributed by atoms with Crippen molar-refractivity contribution in [3.05, 3.63) is 60.3 Å². The van der Waals surface area contributed by atoms with Crippen LogP contribution in [0.1, 0.15) is 23.8 Å². The molecule has 0 spiro atoms. The maximum absolute atomic E-state index is 12.7. The molecule has 4 aromatic rings. The first-order valence-electron chi connectivity index (χ1n) is 9.75. The molecule has 0 aliphatic heterocycles. The number of aromatic amines is 1. The second-order valence-corrected chi connectivity index (χ2v) is 6.71. The summed E-state index contributed by atoms with van der Waals surface area (Å²) in [6.45, 7) is 2.90. The maximum Gasteiger partial charge on any atom is 0.269 e. The van der Waals surface area contributed by atoms with Crippen LogP contribution in [-0.2, 0) is 0 Å². The van der Waals surface area contributed by atoms with Gasteiger partial charge in [-0.25, -0.2) is 4.98 Å². The third kappa shape index (κ3) is 3.67. The number of hydrogen-bond acceptors (Lipinski definition) is 4. The van der Waals surface area contributed by atoms with Crippen molar-refractivity contribution in [2.45, 2.75) is 13.3 Å². The first-order valence-corrected chi connectivity index (χ1v) is 9.75. The SMILES string of the molecule is CCOc1ccccc1-c1nc(C(=O)NCCCO)cc2c1[nH]c1ccccc12. The molecule has 0 aliphatic carbocycles. The summed E-state index contributed by atoms with van der Waals surface area (Å²) in [4.78, 5) is 20.9. The molecule has 0 saturated carbocycles. The van der Waals surface area contributed by atoms with Gasteiger partial charge in [0.25, 0.3) is 5.91 Å². The van der Waals surface area contributed by atoms with E-state index in [9.17, 15) is 4.79 Å². The van der Waals surface area contributed by atoms with Gasteiger partial charge in [0, 0.05) is 35.0 Å². The maximum atomic E-state index is 12.7. The van der Waals surface area contributed by atoms with E-state index in [2.05, 4.69) is 10.3 Å². The summed E-state index contributed by atoms with van der Waals surface area (Å²) in [7, 11) is 0. The zero-order valence-corrected chi connectivity index (χ0v) is 16.2. The summed E-state index contributed by atoms with van der Waals surface area (Å²) in [6.07, 6.45) is 0.501. The Hall–Kier alpha value is -3.38. The Morgan fingerprint density at radius 2 is 1.93 bits per heavy atom. The molecule has 2 aromatic carbocycles. The number of carbonyl (C=O) groups excluding carboxylic acids is 1. The predicted octanol–water partition coefficient (Wildman–Crippen LogP) is 3.89. The van der Waals surface area contributed by atoms with Crippen LogP contribution in [0.25, 0.3) is 33.1 Å². The number of nitrogens with zero attached hydrogens (tertiary/aromatic N) is 1. The van der Waals surface area contributed by atoms with Gasteiger partial charge in [-0.15, -0.1) is 0 Å². The summed E-state index contributed by atoms with van der Waals surface area (Å²) < 4.78 is 5.81. The lowest BCUT2D eigenvalue weighted by molar-refractivity contribution is 0.0946. The topological polar surface area (TPSA) is 87.2 Å². The van der Waals surface area contributed by atoms with E-state index in [1.165, 1.54) is 0 Å². The van der Waals surface area contributed by atoms with E-state index >= 15 is 0 Å². The number of H-pyrrole nitrogens is 1. The van der Waals surface area contributed by atoms with Gasteiger partial charge in [0.15, 0.2) is 0 Å². The Morgan fingerprint density at radius 1 is 1.14 bits per heavy atom. The summed E-state index contributed by atoms with van der Waals surface area (Å²) in [5, 5.41) is 13.8. The zero-order chi connectivity index (χ0) is 20.2. The number of aromatic nitrogens is 2. The fourth-order valence-corrected chi connectivity index (χ4v) is 3.47.